The molecule has 0 bridgehead atoms. The summed E-state index contributed by atoms with van der Waals surface area (Å²) in [6.07, 6.45) is 0. The molecule has 0 aliphatic carbocycles. The predicted molar refractivity (Wildman–Crippen MR) is 80.2 cm³/mol. The zero-order valence-corrected chi connectivity index (χ0v) is 13.0. The molecule has 0 unspecified atom stereocenters. The van der Waals surface area contributed by atoms with Crippen LogP contribution >= 0.6 is 0 Å². The van der Waals surface area contributed by atoms with Gasteiger partial charge < -0.3 is 10.1 Å². The fourth-order valence-electron chi connectivity index (χ4n) is 1.55. The average Bonchev–Trinajstić information content (AvgIpc) is 2.38. The molecular weight excluding hydrogens is 298 g/mol. The summed E-state index contributed by atoms with van der Waals surface area (Å²) in [5, 5.41) is 13.8. The lowest BCUT2D eigenvalue weighted by molar-refractivity contribution is -0.385. The molecule has 21 heavy (non-hydrogen) atoms. The van der Waals surface area contributed by atoms with Gasteiger partial charge >= 0.3 is 5.69 Å². The lowest BCUT2D eigenvalue weighted by Gasteiger charge is -2.13. The van der Waals surface area contributed by atoms with E-state index < -0.39 is 14.9 Å². The molecule has 0 spiro atoms. The fraction of sp³-hybridized carbons (Fsp3) is 0.500. The van der Waals surface area contributed by atoms with Crippen LogP contribution in [-0.4, -0.2) is 50.6 Å². The van der Waals surface area contributed by atoms with Crippen LogP contribution in [0.2, 0.25) is 0 Å². The number of sulfonamides is 1. The molecule has 0 atom stereocenters. The van der Waals surface area contributed by atoms with E-state index in [0.29, 0.717) is 12.3 Å². The summed E-state index contributed by atoms with van der Waals surface area (Å²) >= 11 is 0. The standard InChI is InChI=1S/C12H19N3O5S/c1-4-20-12-9-10(5-6-11(12)15(16)17)13-7-8-21(18,19)14(2)3/h5-6,9,13H,4,7-8H2,1-3H3. The second-order valence-corrected chi connectivity index (χ2v) is 6.70. The first-order valence-corrected chi connectivity index (χ1v) is 7.94. The molecule has 0 heterocycles. The third-order valence-corrected chi connectivity index (χ3v) is 4.53. The van der Waals surface area contributed by atoms with Gasteiger partial charge in [0.2, 0.25) is 10.0 Å². The Bertz CT molecular complexity index is 601. The van der Waals surface area contributed by atoms with Crippen LogP contribution in [0.3, 0.4) is 0 Å². The molecule has 1 rings (SSSR count). The van der Waals surface area contributed by atoms with Crippen molar-refractivity contribution in [3.05, 3.63) is 28.3 Å². The van der Waals surface area contributed by atoms with Crippen LogP contribution in [0.25, 0.3) is 0 Å². The zero-order valence-electron chi connectivity index (χ0n) is 12.2. The van der Waals surface area contributed by atoms with E-state index in [0.717, 1.165) is 4.31 Å². The van der Waals surface area contributed by atoms with E-state index in [1.54, 1.807) is 6.92 Å². The van der Waals surface area contributed by atoms with Gasteiger partial charge in [-0.2, -0.15) is 0 Å². The Balaban J connectivity index is 2.77. The van der Waals surface area contributed by atoms with Crippen LogP contribution in [0.1, 0.15) is 6.92 Å². The summed E-state index contributed by atoms with van der Waals surface area (Å²) in [6.45, 7) is 2.23. The van der Waals surface area contributed by atoms with Crippen molar-refractivity contribution < 1.29 is 18.1 Å². The van der Waals surface area contributed by atoms with Crippen molar-refractivity contribution in [1.29, 1.82) is 0 Å². The number of nitrogens with zero attached hydrogens (tertiary/aromatic N) is 2. The molecule has 0 saturated heterocycles. The topological polar surface area (TPSA) is 102 Å². The van der Waals surface area contributed by atoms with Crippen molar-refractivity contribution in [2.24, 2.45) is 0 Å². The minimum absolute atomic E-state index is 0.0685. The first kappa shape index (κ1) is 17.2. The van der Waals surface area contributed by atoms with E-state index in [2.05, 4.69) is 5.32 Å². The van der Waals surface area contributed by atoms with Gasteiger partial charge in [-0.05, 0) is 13.0 Å². The smallest absolute Gasteiger partial charge is 0.311 e. The molecule has 0 saturated carbocycles. The van der Waals surface area contributed by atoms with Crippen LogP contribution < -0.4 is 10.1 Å². The Morgan fingerprint density at radius 2 is 2.05 bits per heavy atom. The van der Waals surface area contributed by atoms with E-state index in [9.17, 15) is 18.5 Å². The SMILES string of the molecule is CCOc1cc(NCCS(=O)(=O)N(C)C)ccc1[N+](=O)[O-]. The lowest BCUT2D eigenvalue weighted by Crippen LogP contribution is -2.28. The highest BCUT2D eigenvalue weighted by Gasteiger charge is 2.16. The van der Waals surface area contributed by atoms with E-state index in [-0.39, 0.29) is 23.7 Å². The molecule has 1 aromatic rings. The fourth-order valence-corrected chi connectivity index (χ4v) is 2.28. The molecule has 0 fully saturated rings. The normalized spacial score (nSPS) is 11.4. The zero-order chi connectivity index (χ0) is 16.0. The van der Waals surface area contributed by atoms with Crippen LogP contribution in [0.4, 0.5) is 11.4 Å². The van der Waals surface area contributed by atoms with Gasteiger partial charge in [-0.25, -0.2) is 12.7 Å². The van der Waals surface area contributed by atoms with Gasteiger partial charge in [-0.1, -0.05) is 0 Å². The summed E-state index contributed by atoms with van der Waals surface area (Å²) in [5.74, 6) is 0.0870. The monoisotopic (exact) mass is 317 g/mol. The summed E-state index contributed by atoms with van der Waals surface area (Å²) < 4.78 is 29.6. The average molecular weight is 317 g/mol. The Labute approximate surface area is 123 Å². The Hall–Kier alpha value is -1.87. The molecule has 0 radical (unpaired) electrons. The van der Waals surface area contributed by atoms with Crippen LogP contribution in [0, 0.1) is 10.1 Å². The van der Waals surface area contributed by atoms with Crippen molar-refractivity contribution in [2.45, 2.75) is 6.92 Å². The van der Waals surface area contributed by atoms with Gasteiger partial charge in [-0.3, -0.25) is 10.1 Å². The lowest BCUT2D eigenvalue weighted by atomic mass is 10.2. The van der Waals surface area contributed by atoms with Gasteiger partial charge in [0.25, 0.3) is 0 Å². The van der Waals surface area contributed by atoms with Crippen molar-refractivity contribution in [1.82, 2.24) is 4.31 Å². The Morgan fingerprint density at radius 3 is 2.57 bits per heavy atom. The van der Waals surface area contributed by atoms with E-state index >= 15 is 0 Å². The summed E-state index contributed by atoms with van der Waals surface area (Å²) in [7, 11) is -0.346. The molecule has 0 amide bonds. The minimum Gasteiger partial charge on any atom is -0.487 e. The summed E-state index contributed by atoms with van der Waals surface area (Å²) in [4.78, 5) is 10.3. The number of nitro groups is 1. The molecular formula is C12H19N3O5S. The molecule has 8 nitrogen and oxygen atoms in total. The number of nitrogens with one attached hydrogen (secondary N) is 1. The maximum Gasteiger partial charge on any atom is 0.311 e. The summed E-state index contributed by atoms with van der Waals surface area (Å²) in [6, 6.07) is 4.33. The Kier molecular flexibility index (Phi) is 5.91. The maximum absolute atomic E-state index is 11.6. The van der Waals surface area contributed by atoms with Crippen LogP contribution in [0.5, 0.6) is 5.75 Å². The highest BCUT2D eigenvalue weighted by molar-refractivity contribution is 7.89. The summed E-state index contributed by atoms with van der Waals surface area (Å²) in [5.41, 5.74) is 0.446. The quantitative estimate of drug-likeness (QED) is 0.573. The highest BCUT2D eigenvalue weighted by Crippen LogP contribution is 2.29. The number of anilines is 1. The van der Waals surface area contributed by atoms with Gasteiger partial charge in [-0.15, -0.1) is 0 Å². The third-order valence-electron chi connectivity index (χ3n) is 2.70. The van der Waals surface area contributed by atoms with Crippen molar-refractivity contribution in [2.75, 3.05) is 38.3 Å². The first-order chi connectivity index (χ1) is 9.77. The Morgan fingerprint density at radius 1 is 1.38 bits per heavy atom. The molecule has 0 aliphatic heterocycles. The molecule has 9 heteroatoms. The first-order valence-electron chi connectivity index (χ1n) is 6.33. The van der Waals surface area contributed by atoms with Gasteiger partial charge in [0, 0.05) is 38.5 Å². The van der Waals surface area contributed by atoms with Gasteiger partial charge in [0.05, 0.1) is 17.3 Å². The van der Waals surface area contributed by atoms with Gasteiger partial charge in [0.1, 0.15) is 0 Å². The largest absolute Gasteiger partial charge is 0.487 e. The number of nitro benzene ring substituents is 1. The molecule has 0 aliphatic rings. The second kappa shape index (κ2) is 7.23. The van der Waals surface area contributed by atoms with E-state index in [1.807, 2.05) is 0 Å². The van der Waals surface area contributed by atoms with Gasteiger partial charge in [0.15, 0.2) is 5.75 Å². The van der Waals surface area contributed by atoms with E-state index in [4.69, 9.17) is 4.74 Å². The van der Waals surface area contributed by atoms with Crippen LogP contribution in [0.15, 0.2) is 18.2 Å². The molecule has 1 aromatic carbocycles. The number of benzene rings is 1. The highest BCUT2D eigenvalue weighted by atomic mass is 32.2. The van der Waals surface area contributed by atoms with Crippen LogP contribution in [-0.2, 0) is 10.0 Å². The molecule has 0 aromatic heterocycles. The third kappa shape index (κ3) is 4.87. The van der Waals surface area contributed by atoms with E-state index in [1.165, 1.54) is 32.3 Å². The number of rotatable bonds is 8. The van der Waals surface area contributed by atoms with Crippen molar-refractivity contribution >= 4 is 21.4 Å². The van der Waals surface area contributed by atoms with Crippen molar-refractivity contribution in [3.63, 3.8) is 0 Å². The predicted octanol–water partition coefficient (Wildman–Crippen LogP) is 1.30. The molecule has 1 N–H and O–H groups in total. The second-order valence-electron chi connectivity index (χ2n) is 4.40. The minimum atomic E-state index is -3.28. The van der Waals surface area contributed by atoms with Crippen molar-refractivity contribution in [3.8, 4) is 5.75 Å². The molecule has 118 valence electrons. The number of hydrogen-bond donors (Lipinski definition) is 1. The number of hydrogen-bond acceptors (Lipinski definition) is 6. The number of ether oxygens (including phenoxy) is 1. The maximum atomic E-state index is 11.6.